The van der Waals surface area contributed by atoms with Gasteiger partial charge in [-0.2, -0.15) is 0 Å². The van der Waals surface area contributed by atoms with Crippen LogP contribution >= 0.6 is 0 Å². The summed E-state index contributed by atoms with van der Waals surface area (Å²) >= 11 is 0. The van der Waals surface area contributed by atoms with Crippen LogP contribution in [0.25, 0.3) is 11.1 Å². The van der Waals surface area contributed by atoms with Gasteiger partial charge in [-0.15, -0.1) is 0 Å². The Hall–Kier alpha value is -1.76. The number of hydrogen-bond donors (Lipinski definition) is 0. The number of hydrogen-bond acceptors (Lipinski definition) is 1. The van der Waals surface area contributed by atoms with Crippen LogP contribution in [0.1, 0.15) is 37.0 Å². The Morgan fingerprint density at radius 1 is 0.950 bits per heavy atom. The van der Waals surface area contributed by atoms with E-state index in [9.17, 15) is 0 Å². The molecule has 0 radical (unpaired) electrons. The average Bonchev–Trinajstić information content (AvgIpc) is 2.53. The lowest BCUT2D eigenvalue weighted by molar-refractivity contribution is 0.289. The van der Waals surface area contributed by atoms with Crippen LogP contribution < -0.4 is 4.74 Å². The van der Waals surface area contributed by atoms with Gasteiger partial charge in [-0.3, -0.25) is 0 Å². The molecule has 3 rings (SSSR count). The van der Waals surface area contributed by atoms with Crippen LogP contribution in [0.4, 0.5) is 0 Å². The van der Waals surface area contributed by atoms with Crippen molar-refractivity contribution in [1.82, 2.24) is 0 Å². The van der Waals surface area contributed by atoms with E-state index in [0.717, 1.165) is 38.0 Å². The third-order valence-electron chi connectivity index (χ3n) is 4.21. The number of fused-ring (bicyclic) bond motifs is 1. The van der Waals surface area contributed by atoms with Gasteiger partial charge >= 0.3 is 0 Å². The molecular formula is C19H22O. The number of ether oxygens (including phenoxy) is 1. The topological polar surface area (TPSA) is 9.23 Å². The van der Waals surface area contributed by atoms with E-state index in [-0.39, 0.29) is 0 Å². The van der Waals surface area contributed by atoms with Crippen LogP contribution in [0, 0.1) is 0 Å². The Bertz CT molecular complexity index is 613. The van der Waals surface area contributed by atoms with Crippen molar-refractivity contribution in [2.24, 2.45) is 0 Å². The number of aryl methyl sites for hydroxylation is 3. The quantitative estimate of drug-likeness (QED) is 0.775. The van der Waals surface area contributed by atoms with Gasteiger partial charge in [-0.05, 0) is 47.9 Å². The van der Waals surface area contributed by atoms with E-state index in [1.807, 2.05) is 0 Å². The van der Waals surface area contributed by atoms with Crippen molar-refractivity contribution in [2.45, 2.75) is 39.5 Å². The molecule has 0 amide bonds. The summed E-state index contributed by atoms with van der Waals surface area (Å²) in [7, 11) is 0. The molecule has 104 valence electrons. The Morgan fingerprint density at radius 3 is 2.55 bits per heavy atom. The second kappa shape index (κ2) is 5.70. The van der Waals surface area contributed by atoms with Crippen molar-refractivity contribution >= 4 is 0 Å². The summed E-state index contributed by atoms with van der Waals surface area (Å²) in [6.45, 7) is 5.30. The maximum absolute atomic E-state index is 6.05. The molecule has 0 unspecified atom stereocenters. The highest BCUT2D eigenvalue weighted by atomic mass is 16.5. The first-order valence-corrected chi connectivity index (χ1v) is 7.71. The minimum Gasteiger partial charge on any atom is -0.493 e. The summed E-state index contributed by atoms with van der Waals surface area (Å²) in [6, 6.07) is 13.3. The molecule has 0 N–H and O–H groups in total. The standard InChI is InChI=1S/C19H22O/c1-3-14-8-5-6-10-17(14)18-15(4-2)11-12-16-9-7-13-20-19(16)18/h5-6,8,10-12H,3-4,7,9,13H2,1-2H3. The largest absolute Gasteiger partial charge is 0.493 e. The molecule has 1 heteroatoms. The van der Waals surface area contributed by atoms with Gasteiger partial charge in [0.25, 0.3) is 0 Å². The summed E-state index contributed by atoms with van der Waals surface area (Å²) in [5.41, 5.74) is 6.86. The molecule has 20 heavy (non-hydrogen) atoms. The van der Waals surface area contributed by atoms with Crippen molar-refractivity contribution in [1.29, 1.82) is 0 Å². The molecule has 0 saturated heterocycles. The van der Waals surface area contributed by atoms with Crippen LogP contribution in [0.5, 0.6) is 5.75 Å². The number of rotatable bonds is 3. The first kappa shape index (κ1) is 13.2. The first-order chi connectivity index (χ1) is 9.85. The zero-order valence-electron chi connectivity index (χ0n) is 12.4. The molecule has 1 aliphatic heterocycles. The summed E-state index contributed by atoms with van der Waals surface area (Å²) in [6.07, 6.45) is 4.38. The minimum atomic E-state index is 0.849. The molecule has 0 aromatic heterocycles. The average molecular weight is 266 g/mol. The zero-order valence-corrected chi connectivity index (χ0v) is 12.4. The summed E-state index contributed by atoms with van der Waals surface area (Å²) in [5.74, 6) is 1.14. The number of benzene rings is 2. The molecule has 0 atom stereocenters. The Labute approximate surface area is 121 Å². The zero-order chi connectivity index (χ0) is 13.9. The van der Waals surface area contributed by atoms with Crippen molar-refractivity contribution in [3.63, 3.8) is 0 Å². The molecule has 0 aliphatic carbocycles. The summed E-state index contributed by atoms with van der Waals surface area (Å²) < 4.78 is 6.05. The van der Waals surface area contributed by atoms with Crippen LogP contribution in [-0.4, -0.2) is 6.61 Å². The van der Waals surface area contributed by atoms with E-state index in [2.05, 4.69) is 50.2 Å². The Kier molecular flexibility index (Phi) is 3.77. The molecule has 0 spiro atoms. The van der Waals surface area contributed by atoms with Crippen molar-refractivity contribution in [3.05, 3.63) is 53.1 Å². The lowest BCUT2D eigenvalue weighted by Gasteiger charge is -2.24. The van der Waals surface area contributed by atoms with Gasteiger partial charge in [0.2, 0.25) is 0 Å². The van der Waals surface area contributed by atoms with Crippen LogP contribution in [0.3, 0.4) is 0 Å². The fraction of sp³-hybridized carbons (Fsp3) is 0.368. The third kappa shape index (κ3) is 2.22. The van der Waals surface area contributed by atoms with E-state index in [0.29, 0.717) is 0 Å². The molecule has 1 nitrogen and oxygen atoms in total. The molecule has 0 saturated carbocycles. The normalized spacial score (nSPS) is 13.7. The first-order valence-electron chi connectivity index (χ1n) is 7.71. The van der Waals surface area contributed by atoms with E-state index >= 15 is 0 Å². The predicted octanol–water partition coefficient (Wildman–Crippen LogP) is 4.80. The highest BCUT2D eigenvalue weighted by Gasteiger charge is 2.19. The van der Waals surface area contributed by atoms with Crippen molar-refractivity contribution < 1.29 is 4.74 Å². The van der Waals surface area contributed by atoms with E-state index < -0.39 is 0 Å². The minimum absolute atomic E-state index is 0.849. The Morgan fingerprint density at radius 2 is 1.75 bits per heavy atom. The van der Waals surface area contributed by atoms with Crippen LogP contribution in [-0.2, 0) is 19.3 Å². The van der Waals surface area contributed by atoms with E-state index in [1.54, 1.807) is 0 Å². The molecule has 2 aromatic rings. The van der Waals surface area contributed by atoms with Gasteiger partial charge in [-0.1, -0.05) is 50.2 Å². The highest BCUT2D eigenvalue weighted by Crippen LogP contribution is 2.40. The van der Waals surface area contributed by atoms with E-state index in [1.165, 1.54) is 27.8 Å². The molecule has 0 bridgehead atoms. The highest BCUT2D eigenvalue weighted by molar-refractivity contribution is 5.78. The predicted molar refractivity (Wildman–Crippen MR) is 84.5 cm³/mol. The maximum atomic E-state index is 6.05. The molecule has 0 fully saturated rings. The second-order valence-corrected chi connectivity index (χ2v) is 5.40. The third-order valence-corrected chi connectivity index (χ3v) is 4.21. The summed E-state index contributed by atoms with van der Waals surface area (Å²) in [4.78, 5) is 0. The SMILES string of the molecule is CCc1ccccc1-c1c(CC)ccc2c1OCCC2. The fourth-order valence-electron chi connectivity index (χ4n) is 3.13. The van der Waals surface area contributed by atoms with E-state index in [4.69, 9.17) is 4.74 Å². The van der Waals surface area contributed by atoms with Gasteiger partial charge < -0.3 is 4.74 Å². The van der Waals surface area contributed by atoms with Crippen LogP contribution in [0.15, 0.2) is 36.4 Å². The maximum Gasteiger partial charge on any atom is 0.130 e. The molecule has 2 aromatic carbocycles. The van der Waals surface area contributed by atoms with Gasteiger partial charge in [0.05, 0.1) is 6.61 Å². The van der Waals surface area contributed by atoms with Crippen molar-refractivity contribution in [3.8, 4) is 16.9 Å². The van der Waals surface area contributed by atoms with Gasteiger partial charge in [0.1, 0.15) is 5.75 Å². The second-order valence-electron chi connectivity index (χ2n) is 5.40. The van der Waals surface area contributed by atoms with Crippen LogP contribution in [0.2, 0.25) is 0 Å². The Balaban J connectivity index is 2.25. The van der Waals surface area contributed by atoms with Gasteiger partial charge in [0, 0.05) is 5.56 Å². The molecular weight excluding hydrogens is 244 g/mol. The smallest absolute Gasteiger partial charge is 0.130 e. The lowest BCUT2D eigenvalue weighted by atomic mass is 9.89. The summed E-state index contributed by atoms with van der Waals surface area (Å²) in [5, 5.41) is 0. The molecule has 1 heterocycles. The molecule has 1 aliphatic rings. The van der Waals surface area contributed by atoms with Crippen molar-refractivity contribution in [2.75, 3.05) is 6.61 Å². The lowest BCUT2D eigenvalue weighted by Crippen LogP contribution is -2.11. The fourth-order valence-corrected chi connectivity index (χ4v) is 3.13. The van der Waals surface area contributed by atoms with Gasteiger partial charge in [-0.25, -0.2) is 0 Å². The monoisotopic (exact) mass is 266 g/mol. The van der Waals surface area contributed by atoms with Gasteiger partial charge in [0.15, 0.2) is 0 Å².